The zero-order valence-electron chi connectivity index (χ0n) is 9.21. The molecule has 0 aliphatic carbocycles. The van der Waals surface area contributed by atoms with E-state index in [1.54, 1.807) is 0 Å². The lowest BCUT2D eigenvalue weighted by molar-refractivity contribution is -0.122. The summed E-state index contributed by atoms with van der Waals surface area (Å²) in [6.45, 7) is 6.59. The number of ether oxygens (including phenoxy) is 1. The number of hydrogen-bond acceptors (Lipinski definition) is 3. The molecule has 3 nitrogen and oxygen atoms in total. The molecule has 0 aromatic rings. The molecule has 0 saturated carbocycles. The first-order chi connectivity index (χ1) is 6.70. The van der Waals surface area contributed by atoms with Crippen LogP contribution in [0.3, 0.4) is 0 Å². The van der Waals surface area contributed by atoms with Crippen LogP contribution in [-0.2, 0) is 9.53 Å². The Kier molecular flexibility index (Phi) is 5.12. The summed E-state index contributed by atoms with van der Waals surface area (Å²) in [4.78, 5) is 11.6. The van der Waals surface area contributed by atoms with E-state index in [0.29, 0.717) is 24.9 Å². The van der Waals surface area contributed by atoms with Gasteiger partial charge in [-0.15, -0.1) is 0 Å². The van der Waals surface area contributed by atoms with Gasteiger partial charge in [-0.3, -0.25) is 4.79 Å². The van der Waals surface area contributed by atoms with Gasteiger partial charge in [-0.05, 0) is 19.4 Å². The number of ketones is 1. The van der Waals surface area contributed by atoms with Crippen LogP contribution < -0.4 is 5.32 Å². The maximum atomic E-state index is 11.6. The summed E-state index contributed by atoms with van der Waals surface area (Å²) in [6, 6.07) is 0.514. The maximum Gasteiger partial charge on any atom is 0.138 e. The molecule has 1 aliphatic rings. The van der Waals surface area contributed by atoms with Crippen LogP contribution in [0.5, 0.6) is 0 Å². The largest absolute Gasteiger partial charge is 0.381 e. The molecule has 1 unspecified atom stereocenters. The van der Waals surface area contributed by atoms with Crippen LogP contribution in [0.4, 0.5) is 0 Å². The van der Waals surface area contributed by atoms with E-state index in [1.807, 2.05) is 0 Å². The second kappa shape index (κ2) is 6.14. The van der Waals surface area contributed by atoms with Crippen molar-refractivity contribution < 1.29 is 9.53 Å². The third-order valence-electron chi connectivity index (χ3n) is 2.54. The summed E-state index contributed by atoms with van der Waals surface area (Å²) in [6.07, 6.45) is 2.58. The Balaban J connectivity index is 2.03. The van der Waals surface area contributed by atoms with Crippen molar-refractivity contribution in [3.63, 3.8) is 0 Å². The lowest BCUT2D eigenvalue weighted by atomic mass is 10.00. The lowest BCUT2D eigenvalue weighted by Crippen LogP contribution is -2.25. The first-order valence-corrected chi connectivity index (χ1v) is 5.54. The molecule has 1 N–H and O–H groups in total. The third kappa shape index (κ3) is 4.20. The van der Waals surface area contributed by atoms with Crippen molar-refractivity contribution in [2.75, 3.05) is 19.8 Å². The zero-order valence-corrected chi connectivity index (χ0v) is 9.21. The highest BCUT2D eigenvalue weighted by molar-refractivity contribution is 5.81. The fourth-order valence-corrected chi connectivity index (χ4v) is 1.65. The Morgan fingerprint density at radius 1 is 1.57 bits per heavy atom. The molecule has 0 radical (unpaired) electrons. The quantitative estimate of drug-likeness (QED) is 0.657. The second-order valence-electron chi connectivity index (χ2n) is 4.24. The molecule has 1 aliphatic heterocycles. The summed E-state index contributed by atoms with van der Waals surface area (Å²) in [5, 5.41) is 3.31. The van der Waals surface area contributed by atoms with Gasteiger partial charge in [0.25, 0.3) is 0 Å². The monoisotopic (exact) mass is 199 g/mol. The SMILES string of the molecule is CC(C)NCCCC(=O)C1CCOC1. The van der Waals surface area contributed by atoms with Gasteiger partial charge in [-0.25, -0.2) is 0 Å². The van der Waals surface area contributed by atoms with Crippen molar-refractivity contribution in [3.05, 3.63) is 0 Å². The molecule has 0 aromatic carbocycles. The molecule has 0 amide bonds. The van der Waals surface area contributed by atoms with E-state index in [1.165, 1.54) is 0 Å². The molecule has 1 atom stereocenters. The lowest BCUT2D eigenvalue weighted by Gasteiger charge is -2.09. The van der Waals surface area contributed by atoms with Crippen molar-refractivity contribution in [1.29, 1.82) is 0 Å². The summed E-state index contributed by atoms with van der Waals surface area (Å²) >= 11 is 0. The highest BCUT2D eigenvalue weighted by atomic mass is 16.5. The summed E-state index contributed by atoms with van der Waals surface area (Å²) < 4.78 is 5.19. The highest BCUT2D eigenvalue weighted by Crippen LogP contribution is 2.15. The van der Waals surface area contributed by atoms with Crippen LogP contribution in [-0.4, -0.2) is 31.6 Å². The molecular formula is C11H21NO2. The van der Waals surface area contributed by atoms with Crippen molar-refractivity contribution >= 4 is 5.78 Å². The van der Waals surface area contributed by atoms with E-state index in [2.05, 4.69) is 19.2 Å². The van der Waals surface area contributed by atoms with Gasteiger partial charge in [0.1, 0.15) is 5.78 Å². The fourth-order valence-electron chi connectivity index (χ4n) is 1.65. The molecule has 1 fully saturated rings. The van der Waals surface area contributed by atoms with Gasteiger partial charge in [-0.1, -0.05) is 13.8 Å². The van der Waals surface area contributed by atoms with Crippen molar-refractivity contribution in [1.82, 2.24) is 5.32 Å². The highest BCUT2D eigenvalue weighted by Gasteiger charge is 2.22. The number of nitrogens with one attached hydrogen (secondary N) is 1. The minimum Gasteiger partial charge on any atom is -0.381 e. The van der Waals surface area contributed by atoms with Gasteiger partial charge in [-0.2, -0.15) is 0 Å². The molecule has 0 bridgehead atoms. The molecule has 0 aromatic heterocycles. The Labute approximate surface area is 86.2 Å². The van der Waals surface area contributed by atoms with E-state index in [4.69, 9.17) is 4.74 Å². The second-order valence-corrected chi connectivity index (χ2v) is 4.24. The summed E-state index contributed by atoms with van der Waals surface area (Å²) in [7, 11) is 0. The first-order valence-electron chi connectivity index (χ1n) is 5.54. The van der Waals surface area contributed by atoms with E-state index in [9.17, 15) is 4.79 Å². The molecule has 0 spiro atoms. The van der Waals surface area contributed by atoms with Crippen molar-refractivity contribution in [2.24, 2.45) is 5.92 Å². The van der Waals surface area contributed by atoms with Crippen LogP contribution in [0.1, 0.15) is 33.1 Å². The summed E-state index contributed by atoms with van der Waals surface area (Å²) in [5.74, 6) is 0.571. The third-order valence-corrected chi connectivity index (χ3v) is 2.54. The smallest absolute Gasteiger partial charge is 0.138 e. The first kappa shape index (κ1) is 11.7. The van der Waals surface area contributed by atoms with Gasteiger partial charge in [0.2, 0.25) is 0 Å². The molecule has 82 valence electrons. The number of rotatable bonds is 6. The maximum absolute atomic E-state index is 11.6. The van der Waals surface area contributed by atoms with E-state index in [-0.39, 0.29) is 5.92 Å². The molecule has 14 heavy (non-hydrogen) atoms. The fraction of sp³-hybridized carbons (Fsp3) is 0.909. The van der Waals surface area contributed by atoms with Crippen LogP contribution in [0, 0.1) is 5.92 Å². The van der Waals surface area contributed by atoms with Crippen LogP contribution in [0.15, 0.2) is 0 Å². The molecule has 1 saturated heterocycles. The number of hydrogen-bond donors (Lipinski definition) is 1. The molecular weight excluding hydrogens is 178 g/mol. The Hall–Kier alpha value is -0.410. The Morgan fingerprint density at radius 2 is 2.36 bits per heavy atom. The normalized spacial score (nSPS) is 21.8. The van der Waals surface area contributed by atoms with Crippen LogP contribution >= 0.6 is 0 Å². The van der Waals surface area contributed by atoms with Crippen LogP contribution in [0.2, 0.25) is 0 Å². The zero-order chi connectivity index (χ0) is 10.4. The Morgan fingerprint density at radius 3 is 2.93 bits per heavy atom. The average molecular weight is 199 g/mol. The standard InChI is InChI=1S/C11H21NO2/c1-9(2)12-6-3-4-11(13)10-5-7-14-8-10/h9-10,12H,3-8H2,1-2H3. The van der Waals surface area contributed by atoms with Gasteiger partial charge < -0.3 is 10.1 Å². The molecule has 1 rings (SSSR count). The van der Waals surface area contributed by atoms with Crippen LogP contribution in [0.25, 0.3) is 0 Å². The minimum atomic E-state index is 0.189. The van der Waals surface area contributed by atoms with Gasteiger partial charge >= 0.3 is 0 Å². The van der Waals surface area contributed by atoms with E-state index < -0.39 is 0 Å². The number of carbonyl (C=O) groups excluding carboxylic acids is 1. The predicted octanol–water partition coefficient (Wildman–Crippen LogP) is 1.37. The van der Waals surface area contributed by atoms with E-state index >= 15 is 0 Å². The van der Waals surface area contributed by atoms with Gasteiger partial charge in [0, 0.05) is 25.0 Å². The topological polar surface area (TPSA) is 38.3 Å². The van der Waals surface area contributed by atoms with Gasteiger partial charge in [0.15, 0.2) is 0 Å². The average Bonchev–Trinajstić information content (AvgIpc) is 2.64. The van der Waals surface area contributed by atoms with Crippen molar-refractivity contribution in [2.45, 2.75) is 39.2 Å². The van der Waals surface area contributed by atoms with Gasteiger partial charge in [0.05, 0.1) is 6.61 Å². The predicted molar refractivity (Wildman–Crippen MR) is 56.3 cm³/mol. The summed E-state index contributed by atoms with van der Waals surface area (Å²) in [5.41, 5.74) is 0. The number of Topliss-reactive ketones (excluding diaryl/α,β-unsaturated/α-hetero) is 1. The Bertz CT molecular complexity index is 174. The van der Waals surface area contributed by atoms with E-state index in [0.717, 1.165) is 26.0 Å². The molecule has 1 heterocycles. The van der Waals surface area contributed by atoms with Crippen molar-refractivity contribution in [3.8, 4) is 0 Å². The number of carbonyl (C=O) groups is 1. The minimum absolute atomic E-state index is 0.189. The molecule has 3 heteroatoms.